The van der Waals surface area contributed by atoms with E-state index in [0.717, 1.165) is 29.0 Å². The molecule has 1 aliphatic heterocycles. The van der Waals surface area contributed by atoms with E-state index in [4.69, 9.17) is 0 Å². The number of aromatic nitrogens is 4. The first-order chi connectivity index (χ1) is 13.7. The van der Waals surface area contributed by atoms with Crippen LogP contribution in [0.5, 0.6) is 0 Å². The van der Waals surface area contributed by atoms with Gasteiger partial charge in [0.05, 0.1) is 16.5 Å². The minimum atomic E-state index is -5.34. The number of alkyl halides is 3. The summed E-state index contributed by atoms with van der Waals surface area (Å²) in [6.45, 7) is 2.50. The topological polar surface area (TPSA) is 84.2 Å². The van der Waals surface area contributed by atoms with E-state index in [1.54, 1.807) is 17.9 Å². The van der Waals surface area contributed by atoms with Crippen molar-refractivity contribution in [3.63, 3.8) is 0 Å². The average Bonchev–Trinajstić information content (AvgIpc) is 3.09. The number of hydrogen-bond acceptors (Lipinski definition) is 7. The molecule has 0 aliphatic carbocycles. The van der Waals surface area contributed by atoms with Crippen molar-refractivity contribution in [1.82, 2.24) is 19.7 Å². The first-order valence-corrected chi connectivity index (χ1v) is 10.2. The van der Waals surface area contributed by atoms with Crippen LogP contribution in [0.15, 0.2) is 41.7 Å². The van der Waals surface area contributed by atoms with E-state index in [-0.39, 0.29) is 0 Å². The highest BCUT2D eigenvalue weighted by atomic mass is 32.2. The first kappa shape index (κ1) is 19.4. The van der Waals surface area contributed by atoms with Crippen molar-refractivity contribution in [1.29, 1.82) is 0 Å². The van der Waals surface area contributed by atoms with Crippen molar-refractivity contribution < 1.29 is 21.6 Å². The van der Waals surface area contributed by atoms with Gasteiger partial charge >= 0.3 is 5.51 Å². The van der Waals surface area contributed by atoms with Crippen LogP contribution in [0.25, 0.3) is 11.0 Å². The molecular weight excluding hydrogens is 409 g/mol. The molecule has 1 saturated heterocycles. The summed E-state index contributed by atoms with van der Waals surface area (Å²) in [6, 6.07) is 4.79. The molecule has 0 atom stereocenters. The van der Waals surface area contributed by atoms with Gasteiger partial charge in [0.15, 0.2) is 5.65 Å². The van der Waals surface area contributed by atoms with Crippen LogP contribution in [0.3, 0.4) is 0 Å². The van der Waals surface area contributed by atoms with Gasteiger partial charge in [-0.25, -0.2) is 18.4 Å². The van der Waals surface area contributed by atoms with Crippen LogP contribution in [0.2, 0.25) is 0 Å². The smallest absolute Gasteiger partial charge is 0.368 e. The summed E-state index contributed by atoms with van der Waals surface area (Å²) < 4.78 is 62.7. The zero-order valence-corrected chi connectivity index (χ0v) is 16.2. The molecule has 0 saturated carbocycles. The maximum atomic E-state index is 12.7. The van der Waals surface area contributed by atoms with Crippen LogP contribution in [-0.4, -0.2) is 59.9 Å². The molecule has 0 radical (unpaired) electrons. The summed E-state index contributed by atoms with van der Waals surface area (Å²) in [6.07, 6.45) is 3.21. The Hall–Kier alpha value is -2.89. The van der Waals surface area contributed by atoms with Crippen molar-refractivity contribution in [2.24, 2.45) is 7.05 Å². The second kappa shape index (κ2) is 6.87. The number of fused-ring (bicyclic) bond motifs is 1. The van der Waals surface area contributed by atoms with Crippen molar-refractivity contribution in [3.8, 4) is 0 Å². The van der Waals surface area contributed by atoms with Crippen LogP contribution < -0.4 is 9.80 Å². The fourth-order valence-corrected chi connectivity index (χ4v) is 4.11. The Kier molecular flexibility index (Phi) is 4.60. The number of nitrogens with zero attached hydrogens (tertiary/aromatic N) is 6. The molecule has 12 heteroatoms. The summed E-state index contributed by atoms with van der Waals surface area (Å²) in [4.78, 5) is 11.9. The van der Waals surface area contributed by atoms with E-state index >= 15 is 0 Å². The number of sulfone groups is 1. The lowest BCUT2D eigenvalue weighted by Crippen LogP contribution is -2.46. The molecule has 0 amide bonds. The number of aryl methyl sites for hydroxylation is 1. The number of halogens is 3. The fourth-order valence-electron chi connectivity index (χ4n) is 3.35. The number of rotatable bonds is 3. The van der Waals surface area contributed by atoms with Crippen LogP contribution in [0.1, 0.15) is 0 Å². The molecule has 2 aromatic heterocycles. The van der Waals surface area contributed by atoms with Crippen LogP contribution in [-0.2, 0) is 16.9 Å². The minimum Gasteiger partial charge on any atom is -0.368 e. The Morgan fingerprint density at radius 2 is 1.59 bits per heavy atom. The Bertz CT molecular complexity index is 1140. The van der Waals surface area contributed by atoms with E-state index in [9.17, 15) is 21.6 Å². The first-order valence-electron chi connectivity index (χ1n) is 8.72. The molecule has 29 heavy (non-hydrogen) atoms. The lowest BCUT2D eigenvalue weighted by Gasteiger charge is -2.36. The minimum absolute atomic E-state index is 0.608. The molecule has 0 N–H and O–H groups in total. The number of hydrogen-bond donors (Lipinski definition) is 0. The van der Waals surface area contributed by atoms with E-state index < -0.39 is 20.2 Å². The number of benzene rings is 1. The number of piperazine rings is 1. The largest absolute Gasteiger partial charge is 0.501 e. The van der Waals surface area contributed by atoms with Gasteiger partial charge in [0.1, 0.15) is 12.1 Å². The lowest BCUT2D eigenvalue weighted by atomic mass is 10.2. The van der Waals surface area contributed by atoms with E-state index in [0.29, 0.717) is 31.9 Å². The Balaban J connectivity index is 1.49. The third-order valence-corrected chi connectivity index (χ3v) is 6.41. The van der Waals surface area contributed by atoms with E-state index in [1.165, 1.54) is 18.5 Å². The maximum absolute atomic E-state index is 12.7. The van der Waals surface area contributed by atoms with Gasteiger partial charge in [0.2, 0.25) is 0 Å². The quantitative estimate of drug-likeness (QED) is 0.633. The molecule has 4 rings (SSSR count). The third-order valence-electron chi connectivity index (χ3n) is 4.90. The average molecular weight is 426 g/mol. The summed E-state index contributed by atoms with van der Waals surface area (Å²) in [7, 11) is -3.53. The Labute approximate surface area is 164 Å². The van der Waals surface area contributed by atoms with Crippen molar-refractivity contribution in [2.75, 3.05) is 36.0 Å². The molecule has 1 aliphatic rings. The molecule has 0 unspecified atom stereocenters. The van der Waals surface area contributed by atoms with Crippen LogP contribution >= 0.6 is 0 Å². The lowest BCUT2D eigenvalue weighted by molar-refractivity contribution is -0.0436. The molecule has 8 nitrogen and oxygen atoms in total. The van der Waals surface area contributed by atoms with Gasteiger partial charge in [-0.2, -0.15) is 18.3 Å². The van der Waals surface area contributed by atoms with Gasteiger partial charge in [0.25, 0.3) is 9.84 Å². The highest BCUT2D eigenvalue weighted by Crippen LogP contribution is 2.31. The summed E-state index contributed by atoms with van der Waals surface area (Å²) in [5.74, 6) is 0.786. The van der Waals surface area contributed by atoms with E-state index in [1.807, 2.05) is 4.90 Å². The monoisotopic (exact) mass is 426 g/mol. The summed E-state index contributed by atoms with van der Waals surface area (Å²) in [5, 5.41) is 5.06. The maximum Gasteiger partial charge on any atom is 0.501 e. The van der Waals surface area contributed by atoms with Gasteiger partial charge in [-0.3, -0.25) is 4.68 Å². The molecule has 0 bridgehead atoms. The molecule has 1 aromatic carbocycles. The SMILES string of the molecule is Cn1ncc2c(N3CCN(c4ccc(S(=O)(=O)C(F)(F)F)cc4)CC3)ncnc21. The standard InChI is InChI=1S/C17H17F3N6O2S/c1-24-15-14(10-23-24)16(22-11-21-15)26-8-6-25(7-9-26)12-2-4-13(5-3-12)29(27,28)17(18,19)20/h2-5,10-11H,6-9H2,1H3. The van der Waals surface area contributed by atoms with Gasteiger partial charge < -0.3 is 9.80 Å². The predicted molar refractivity (Wildman–Crippen MR) is 100 cm³/mol. The normalized spacial score (nSPS) is 15.9. The molecule has 0 spiro atoms. The second-order valence-corrected chi connectivity index (χ2v) is 8.56. The zero-order valence-electron chi connectivity index (χ0n) is 15.3. The van der Waals surface area contributed by atoms with Crippen molar-refractivity contribution in [3.05, 3.63) is 36.8 Å². The highest BCUT2D eigenvalue weighted by Gasteiger charge is 2.46. The summed E-state index contributed by atoms with van der Waals surface area (Å²) >= 11 is 0. The molecule has 3 heterocycles. The molecule has 154 valence electrons. The van der Waals surface area contributed by atoms with Gasteiger partial charge in [-0.1, -0.05) is 0 Å². The fraction of sp³-hybridized carbons (Fsp3) is 0.353. The van der Waals surface area contributed by atoms with E-state index in [2.05, 4.69) is 20.0 Å². The summed E-state index contributed by atoms with van der Waals surface area (Å²) in [5.41, 5.74) is -3.91. The third kappa shape index (κ3) is 3.37. The second-order valence-electron chi connectivity index (χ2n) is 6.62. The Morgan fingerprint density at radius 1 is 0.966 bits per heavy atom. The zero-order chi connectivity index (χ0) is 20.8. The van der Waals surface area contributed by atoms with Gasteiger partial charge in [-0.05, 0) is 24.3 Å². The van der Waals surface area contributed by atoms with Gasteiger partial charge in [-0.15, -0.1) is 0 Å². The van der Waals surface area contributed by atoms with Gasteiger partial charge in [0, 0.05) is 38.9 Å². The number of anilines is 2. The van der Waals surface area contributed by atoms with Crippen LogP contribution in [0, 0.1) is 0 Å². The molecular formula is C17H17F3N6O2S. The van der Waals surface area contributed by atoms with Crippen molar-refractivity contribution in [2.45, 2.75) is 10.4 Å². The Morgan fingerprint density at radius 3 is 2.21 bits per heavy atom. The van der Waals surface area contributed by atoms with Crippen LogP contribution in [0.4, 0.5) is 24.7 Å². The predicted octanol–water partition coefficient (Wildman–Crippen LogP) is 1.98. The molecule has 3 aromatic rings. The molecule has 1 fully saturated rings. The van der Waals surface area contributed by atoms with Crippen molar-refractivity contribution >= 4 is 32.4 Å². The highest BCUT2D eigenvalue weighted by molar-refractivity contribution is 7.92.